The van der Waals surface area contributed by atoms with Crippen molar-refractivity contribution in [2.45, 2.75) is 25.8 Å². The van der Waals surface area contributed by atoms with Gasteiger partial charge in [0.15, 0.2) is 5.54 Å². The van der Waals surface area contributed by atoms with E-state index in [1.165, 1.54) is 6.92 Å². The molecule has 0 aliphatic carbocycles. The molecule has 1 rings (SSSR count). The van der Waals surface area contributed by atoms with E-state index in [0.717, 1.165) is 6.54 Å². The first-order chi connectivity index (χ1) is 9.00. The lowest BCUT2D eigenvalue weighted by atomic mass is 9.92. The van der Waals surface area contributed by atoms with E-state index in [2.05, 4.69) is 10.6 Å². The molecule has 0 saturated carbocycles. The number of rotatable bonds is 7. The third-order valence-electron chi connectivity index (χ3n) is 2.95. The standard InChI is InChI=1S/C14H20N2O3/c1-3-15-10-9-12(17)16-14(2,13(18)19)11-7-5-4-6-8-11/h4-8,15H,3,9-10H2,1-2H3,(H,16,17)(H,18,19). The molecule has 104 valence electrons. The van der Waals surface area contributed by atoms with Crippen LogP contribution in [0.5, 0.6) is 0 Å². The van der Waals surface area contributed by atoms with E-state index >= 15 is 0 Å². The van der Waals surface area contributed by atoms with Crippen LogP contribution >= 0.6 is 0 Å². The Morgan fingerprint density at radius 2 is 1.89 bits per heavy atom. The number of carbonyl (C=O) groups excluding carboxylic acids is 1. The molecule has 0 radical (unpaired) electrons. The van der Waals surface area contributed by atoms with E-state index in [1.807, 2.05) is 6.92 Å². The molecule has 1 unspecified atom stereocenters. The van der Waals surface area contributed by atoms with Gasteiger partial charge in [-0.05, 0) is 19.0 Å². The second kappa shape index (κ2) is 6.89. The van der Waals surface area contributed by atoms with Crippen LogP contribution in [-0.4, -0.2) is 30.1 Å². The minimum Gasteiger partial charge on any atom is -0.479 e. The van der Waals surface area contributed by atoms with Gasteiger partial charge in [0, 0.05) is 13.0 Å². The third kappa shape index (κ3) is 4.06. The van der Waals surface area contributed by atoms with Crippen molar-refractivity contribution in [1.29, 1.82) is 0 Å². The normalized spacial score (nSPS) is 13.6. The van der Waals surface area contributed by atoms with Crippen molar-refractivity contribution in [3.05, 3.63) is 35.9 Å². The lowest BCUT2D eigenvalue weighted by Gasteiger charge is -2.26. The molecule has 0 spiro atoms. The Morgan fingerprint density at radius 1 is 1.26 bits per heavy atom. The topological polar surface area (TPSA) is 78.4 Å². The zero-order valence-corrected chi connectivity index (χ0v) is 11.3. The van der Waals surface area contributed by atoms with E-state index < -0.39 is 11.5 Å². The molecule has 19 heavy (non-hydrogen) atoms. The van der Waals surface area contributed by atoms with Crippen LogP contribution in [-0.2, 0) is 15.1 Å². The number of carbonyl (C=O) groups is 2. The van der Waals surface area contributed by atoms with E-state index in [0.29, 0.717) is 12.1 Å². The largest absolute Gasteiger partial charge is 0.479 e. The van der Waals surface area contributed by atoms with Crippen molar-refractivity contribution in [1.82, 2.24) is 10.6 Å². The number of aliphatic carboxylic acids is 1. The van der Waals surface area contributed by atoms with Gasteiger partial charge in [0.05, 0.1) is 0 Å². The maximum absolute atomic E-state index is 11.8. The maximum Gasteiger partial charge on any atom is 0.333 e. The predicted octanol–water partition coefficient (Wildman–Crippen LogP) is 1.10. The average Bonchev–Trinajstić information content (AvgIpc) is 2.39. The van der Waals surface area contributed by atoms with Crippen LogP contribution in [0.25, 0.3) is 0 Å². The highest BCUT2D eigenvalue weighted by molar-refractivity contribution is 5.87. The number of benzene rings is 1. The summed E-state index contributed by atoms with van der Waals surface area (Å²) in [6.45, 7) is 4.76. The molecule has 0 saturated heterocycles. The highest BCUT2D eigenvalue weighted by atomic mass is 16.4. The fraction of sp³-hybridized carbons (Fsp3) is 0.429. The summed E-state index contributed by atoms with van der Waals surface area (Å²) in [7, 11) is 0. The fourth-order valence-corrected chi connectivity index (χ4v) is 1.74. The number of nitrogens with one attached hydrogen (secondary N) is 2. The highest BCUT2D eigenvalue weighted by Crippen LogP contribution is 2.20. The Morgan fingerprint density at radius 3 is 2.42 bits per heavy atom. The van der Waals surface area contributed by atoms with Gasteiger partial charge in [0.2, 0.25) is 5.91 Å². The average molecular weight is 264 g/mol. The molecule has 3 N–H and O–H groups in total. The molecule has 1 amide bonds. The molecule has 0 aromatic heterocycles. The van der Waals surface area contributed by atoms with Crippen molar-refractivity contribution in [2.24, 2.45) is 0 Å². The molecule has 0 fully saturated rings. The fourth-order valence-electron chi connectivity index (χ4n) is 1.74. The van der Waals surface area contributed by atoms with Crippen molar-refractivity contribution in [3.8, 4) is 0 Å². The van der Waals surface area contributed by atoms with Gasteiger partial charge in [-0.2, -0.15) is 0 Å². The number of amides is 1. The smallest absolute Gasteiger partial charge is 0.333 e. The molecule has 1 aromatic carbocycles. The lowest BCUT2D eigenvalue weighted by Crippen LogP contribution is -2.50. The van der Waals surface area contributed by atoms with E-state index in [-0.39, 0.29) is 12.3 Å². The minimum absolute atomic E-state index is 0.254. The first kappa shape index (κ1) is 15.2. The number of hydrogen-bond acceptors (Lipinski definition) is 3. The van der Waals surface area contributed by atoms with Gasteiger partial charge in [-0.3, -0.25) is 4.79 Å². The van der Waals surface area contributed by atoms with Gasteiger partial charge in [-0.1, -0.05) is 37.3 Å². The van der Waals surface area contributed by atoms with Gasteiger partial charge in [0.1, 0.15) is 0 Å². The Bertz CT molecular complexity index is 434. The molecule has 0 aliphatic heterocycles. The molecule has 5 heteroatoms. The van der Waals surface area contributed by atoms with Gasteiger partial charge in [-0.25, -0.2) is 4.79 Å². The summed E-state index contributed by atoms with van der Waals surface area (Å²) in [5.41, 5.74) is -0.843. The molecule has 0 aliphatic rings. The Kier molecular flexibility index (Phi) is 5.51. The van der Waals surface area contributed by atoms with Gasteiger partial charge < -0.3 is 15.7 Å². The summed E-state index contributed by atoms with van der Waals surface area (Å²) in [5, 5.41) is 15.0. The SMILES string of the molecule is CCNCCC(=O)NC(C)(C(=O)O)c1ccccc1. The van der Waals surface area contributed by atoms with Crippen LogP contribution in [0.4, 0.5) is 0 Å². The van der Waals surface area contributed by atoms with Gasteiger partial charge in [0.25, 0.3) is 0 Å². The second-order valence-corrected chi connectivity index (χ2v) is 4.45. The van der Waals surface area contributed by atoms with Crippen molar-refractivity contribution in [2.75, 3.05) is 13.1 Å². The first-order valence-corrected chi connectivity index (χ1v) is 6.31. The summed E-state index contributed by atoms with van der Waals surface area (Å²) in [4.78, 5) is 23.3. The molecular weight excluding hydrogens is 244 g/mol. The summed E-state index contributed by atoms with van der Waals surface area (Å²) < 4.78 is 0. The number of carboxylic acid groups (broad SMARTS) is 1. The summed E-state index contributed by atoms with van der Waals surface area (Å²) in [6.07, 6.45) is 0.254. The Balaban J connectivity index is 2.78. The van der Waals surface area contributed by atoms with E-state index in [4.69, 9.17) is 0 Å². The minimum atomic E-state index is -1.40. The summed E-state index contributed by atoms with van der Waals surface area (Å²) in [5.74, 6) is -1.36. The van der Waals surface area contributed by atoms with Crippen LogP contribution in [0.3, 0.4) is 0 Å². The zero-order valence-electron chi connectivity index (χ0n) is 11.3. The summed E-state index contributed by atoms with van der Waals surface area (Å²) in [6, 6.07) is 8.69. The second-order valence-electron chi connectivity index (χ2n) is 4.45. The summed E-state index contributed by atoms with van der Waals surface area (Å²) >= 11 is 0. The molecule has 1 atom stereocenters. The van der Waals surface area contributed by atoms with Gasteiger partial charge in [-0.15, -0.1) is 0 Å². The quantitative estimate of drug-likeness (QED) is 0.644. The molecule has 5 nitrogen and oxygen atoms in total. The molecule has 0 bridgehead atoms. The van der Waals surface area contributed by atoms with Crippen molar-refractivity contribution < 1.29 is 14.7 Å². The van der Waals surface area contributed by atoms with Gasteiger partial charge >= 0.3 is 5.97 Å². The van der Waals surface area contributed by atoms with Crippen LogP contribution < -0.4 is 10.6 Å². The monoisotopic (exact) mass is 264 g/mol. The van der Waals surface area contributed by atoms with Crippen molar-refractivity contribution in [3.63, 3.8) is 0 Å². The van der Waals surface area contributed by atoms with Crippen LogP contribution in [0.1, 0.15) is 25.8 Å². The predicted molar refractivity (Wildman–Crippen MR) is 72.7 cm³/mol. The first-order valence-electron chi connectivity index (χ1n) is 6.31. The van der Waals surface area contributed by atoms with Crippen molar-refractivity contribution >= 4 is 11.9 Å². The zero-order chi connectivity index (χ0) is 14.3. The van der Waals surface area contributed by atoms with E-state index in [1.54, 1.807) is 30.3 Å². The molecular formula is C14H20N2O3. The molecule has 0 heterocycles. The van der Waals surface area contributed by atoms with Crippen LogP contribution in [0, 0.1) is 0 Å². The number of hydrogen-bond donors (Lipinski definition) is 3. The Hall–Kier alpha value is -1.88. The number of carboxylic acids is 1. The Labute approximate surface area is 113 Å². The molecule has 1 aromatic rings. The maximum atomic E-state index is 11.8. The van der Waals surface area contributed by atoms with E-state index in [9.17, 15) is 14.7 Å². The highest BCUT2D eigenvalue weighted by Gasteiger charge is 2.36. The third-order valence-corrected chi connectivity index (χ3v) is 2.95. The van der Waals surface area contributed by atoms with Crippen LogP contribution in [0.15, 0.2) is 30.3 Å². The lowest BCUT2D eigenvalue weighted by molar-refractivity contribution is -0.147. The van der Waals surface area contributed by atoms with Crippen LogP contribution in [0.2, 0.25) is 0 Å².